The maximum absolute atomic E-state index is 12.7. The van der Waals surface area contributed by atoms with Crippen LogP contribution in [0.2, 0.25) is 0 Å². The van der Waals surface area contributed by atoms with Gasteiger partial charge in [-0.2, -0.15) is 0 Å². The predicted octanol–water partition coefficient (Wildman–Crippen LogP) is 5.06. The van der Waals surface area contributed by atoms with Crippen LogP contribution in [0.1, 0.15) is 19.4 Å². The van der Waals surface area contributed by atoms with E-state index in [1.165, 1.54) is 10.0 Å². The van der Waals surface area contributed by atoms with E-state index in [0.29, 0.717) is 0 Å². The number of para-hydroxylation sites is 1. The van der Waals surface area contributed by atoms with Crippen LogP contribution < -0.4 is 0 Å². The molecule has 4 rings (SSSR count). The zero-order valence-corrected chi connectivity index (χ0v) is 17.6. The molecular weight excluding hydrogens is 394 g/mol. The fraction of sp³-hybridized carbons (Fsp3) is 0.250. The van der Waals surface area contributed by atoms with Gasteiger partial charge in [-0.3, -0.25) is 0 Å². The zero-order valence-electron chi connectivity index (χ0n) is 17.6. The van der Waals surface area contributed by atoms with E-state index in [2.05, 4.69) is 11.1 Å². The second kappa shape index (κ2) is 8.95. The van der Waals surface area contributed by atoms with Crippen LogP contribution in [0.5, 0.6) is 0 Å². The van der Waals surface area contributed by atoms with E-state index in [0.717, 1.165) is 33.3 Å². The van der Waals surface area contributed by atoms with E-state index in [1.54, 1.807) is 13.8 Å². The van der Waals surface area contributed by atoms with Gasteiger partial charge in [-0.1, -0.05) is 54.6 Å². The van der Waals surface area contributed by atoms with Gasteiger partial charge in [-0.05, 0) is 31.1 Å². The summed E-state index contributed by atoms with van der Waals surface area (Å²) in [5, 5.41) is 3.65. The average Bonchev–Trinajstić information content (AvgIpc) is 3.19. The lowest BCUT2D eigenvalue weighted by Crippen LogP contribution is -2.52. The number of nitrogens with one attached hydrogen (secondary N) is 1. The minimum atomic E-state index is -0.581. The number of aromatic nitrogens is 1. The van der Waals surface area contributed by atoms with Crippen LogP contribution in [-0.2, 0) is 9.47 Å². The van der Waals surface area contributed by atoms with Crippen molar-refractivity contribution in [2.75, 3.05) is 26.3 Å². The molecule has 2 amide bonds. The maximum atomic E-state index is 12.7. The van der Waals surface area contributed by atoms with Crippen LogP contribution in [0.3, 0.4) is 0 Å². The third-order valence-corrected chi connectivity index (χ3v) is 5.17. The lowest BCUT2D eigenvalue weighted by Gasteiger charge is -2.36. The summed E-state index contributed by atoms with van der Waals surface area (Å²) < 4.78 is 10.3. The van der Waals surface area contributed by atoms with E-state index in [-0.39, 0.29) is 26.3 Å². The number of hydrogen-bond donors (Lipinski definition) is 1. The number of hydrazine groups is 1. The van der Waals surface area contributed by atoms with Gasteiger partial charge in [0.05, 0.1) is 32.0 Å². The molecule has 1 N–H and O–H groups in total. The van der Waals surface area contributed by atoms with Gasteiger partial charge in [0.1, 0.15) is 0 Å². The first kappa shape index (κ1) is 20.5. The summed E-state index contributed by atoms with van der Waals surface area (Å²) in [6, 6.07) is 18.1. The SMILES string of the molecule is CCOC(=O)N1CC=C(c2c(-c3ccccc3)[nH]c3ccccc23)CN1C(=O)OCC. The molecule has 0 unspecified atom stereocenters. The molecule has 1 aliphatic rings. The van der Waals surface area contributed by atoms with Gasteiger partial charge >= 0.3 is 12.2 Å². The van der Waals surface area contributed by atoms with Crippen LogP contribution in [0, 0.1) is 0 Å². The Kier molecular flexibility index (Phi) is 5.93. The number of benzene rings is 2. The molecule has 2 aromatic carbocycles. The molecule has 7 nitrogen and oxygen atoms in total. The second-order valence-corrected chi connectivity index (χ2v) is 7.05. The van der Waals surface area contributed by atoms with Gasteiger partial charge in [0.15, 0.2) is 0 Å². The Morgan fingerprint density at radius 1 is 0.903 bits per heavy atom. The van der Waals surface area contributed by atoms with Crippen molar-refractivity contribution in [2.45, 2.75) is 13.8 Å². The highest BCUT2D eigenvalue weighted by molar-refractivity contribution is 6.01. The third kappa shape index (κ3) is 3.99. The van der Waals surface area contributed by atoms with E-state index >= 15 is 0 Å². The van der Waals surface area contributed by atoms with Gasteiger partial charge < -0.3 is 14.5 Å². The maximum Gasteiger partial charge on any atom is 0.429 e. The Balaban J connectivity index is 1.80. The molecule has 160 valence electrons. The number of amides is 2. The number of hydrogen-bond acceptors (Lipinski definition) is 4. The quantitative estimate of drug-likeness (QED) is 0.641. The van der Waals surface area contributed by atoms with Crippen LogP contribution in [-0.4, -0.2) is 53.5 Å². The number of carbonyl (C=O) groups is 2. The number of nitrogens with zero attached hydrogens (tertiary/aromatic N) is 2. The molecule has 0 saturated carbocycles. The molecular formula is C24H25N3O4. The molecule has 7 heteroatoms. The smallest absolute Gasteiger partial charge is 0.429 e. The molecule has 31 heavy (non-hydrogen) atoms. The van der Waals surface area contributed by atoms with Crippen molar-refractivity contribution in [1.82, 2.24) is 15.0 Å². The number of aromatic amines is 1. The summed E-state index contributed by atoms with van der Waals surface area (Å²) in [5.74, 6) is 0. The summed E-state index contributed by atoms with van der Waals surface area (Å²) >= 11 is 0. The average molecular weight is 419 g/mol. The minimum absolute atomic E-state index is 0.194. The topological polar surface area (TPSA) is 74.9 Å². The van der Waals surface area contributed by atoms with Crippen molar-refractivity contribution in [1.29, 1.82) is 0 Å². The van der Waals surface area contributed by atoms with Crippen LogP contribution >= 0.6 is 0 Å². The minimum Gasteiger partial charge on any atom is -0.448 e. The molecule has 0 aliphatic carbocycles. The fourth-order valence-corrected chi connectivity index (χ4v) is 3.82. The Morgan fingerprint density at radius 3 is 2.26 bits per heavy atom. The van der Waals surface area contributed by atoms with Crippen molar-refractivity contribution in [3.8, 4) is 11.3 Å². The highest BCUT2D eigenvalue weighted by atomic mass is 16.6. The van der Waals surface area contributed by atoms with Crippen molar-refractivity contribution in [2.24, 2.45) is 0 Å². The lowest BCUT2D eigenvalue weighted by molar-refractivity contribution is -0.00967. The predicted molar refractivity (Wildman–Crippen MR) is 119 cm³/mol. The van der Waals surface area contributed by atoms with Crippen LogP contribution in [0.25, 0.3) is 27.7 Å². The molecule has 0 saturated heterocycles. The van der Waals surface area contributed by atoms with Crippen molar-refractivity contribution in [3.05, 3.63) is 66.2 Å². The Labute approximate surface area is 180 Å². The molecule has 1 aromatic heterocycles. The van der Waals surface area contributed by atoms with Crippen LogP contribution in [0.4, 0.5) is 9.59 Å². The van der Waals surface area contributed by atoms with Crippen molar-refractivity contribution in [3.63, 3.8) is 0 Å². The van der Waals surface area contributed by atoms with Crippen LogP contribution in [0.15, 0.2) is 60.7 Å². The van der Waals surface area contributed by atoms with E-state index in [9.17, 15) is 9.59 Å². The number of fused-ring (bicyclic) bond motifs is 1. The second-order valence-electron chi connectivity index (χ2n) is 7.05. The molecule has 0 bridgehead atoms. The van der Waals surface area contributed by atoms with Gasteiger partial charge in [-0.25, -0.2) is 19.6 Å². The number of ether oxygens (including phenoxy) is 2. The highest BCUT2D eigenvalue weighted by Crippen LogP contribution is 2.37. The third-order valence-electron chi connectivity index (χ3n) is 5.17. The Bertz CT molecular complexity index is 1120. The van der Waals surface area contributed by atoms with Crippen molar-refractivity contribution >= 4 is 28.7 Å². The number of H-pyrrole nitrogens is 1. The van der Waals surface area contributed by atoms with Gasteiger partial charge in [0.25, 0.3) is 0 Å². The molecule has 0 radical (unpaired) electrons. The highest BCUT2D eigenvalue weighted by Gasteiger charge is 2.33. The summed E-state index contributed by atoms with van der Waals surface area (Å²) in [4.78, 5) is 28.6. The number of carbonyl (C=O) groups excluding carboxylic acids is 2. The normalized spacial score (nSPS) is 13.8. The first-order valence-corrected chi connectivity index (χ1v) is 10.4. The Hall–Kier alpha value is -3.74. The first-order valence-electron chi connectivity index (χ1n) is 10.4. The van der Waals surface area contributed by atoms with Gasteiger partial charge in [0.2, 0.25) is 0 Å². The summed E-state index contributed by atoms with van der Waals surface area (Å²) in [7, 11) is 0. The Morgan fingerprint density at radius 2 is 1.55 bits per heavy atom. The summed E-state index contributed by atoms with van der Waals surface area (Å²) in [6.07, 6.45) is 0.810. The molecule has 2 heterocycles. The summed E-state index contributed by atoms with van der Waals surface area (Å²) in [5.41, 5.74) is 4.98. The van der Waals surface area contributed by atoms with E-state index < -0.39 is 12.2 Å². The zero-order chi connectivity index (χ0) is 21.8. The first-order chi connectivity index (χ1) is 15.1. The molecule has 0 atom stereocenters. The van der Waals surface area contributed by atoms with Gasteiger partial charge in [-0.15, -0.1) is 0 Å². The molecule has 1 aliphatic heterocycles. The number of rotatable bonds is 4. The largest absolute Gasteiger partial charge is 0.448 e. The monoisotopic (exact) mass is 419 g/mol. The molecule has 0 fully saturated rings. The lowest BCUT2D eigenvalue weighted by atomic mass is 9.97. The summed E-state index contributed by atoms with van der Waals surface area (Å²) in [6.45, 7) is 4.31. The standard InChI is InChI=1S/C24H25N3O4/c1-3-30-23(28)26-15-14-18(16-27(26)24(29)31-4-2)21-19-12-8-9-13-20(19)25-22(21)17-10-6-5-7-11-17/h5-14,25H,3-4,15-16H2,1-2H3. The fourth-order valence-electron chi connectivity index (χ4n) is 3.82. The van der Waals surface area contributed by atoms with Gasteiger partial charge in [0, 0.05) is 16.5 Å². The van der Waals surface area contributed by atoms with Crippen molar-refractivity contribution < 1.29 is 19.1 Å². The molecule has 0 spiro atoms. The van der Waals surface area contributed by atoms with E-state index in [4.69, 9.17) is 9.47 Å². The van der Waals surface area contributed by atoms with E-state index in [1.807, 2.05) is 54.6 Å². The molecule has 3 aromatic rings.